The molecule has 1 aliphatic rings. The highest BCUT2D eigenvalue weighted by molar-refractivity contribution is 14.1. The second-order valence-electron chi connectivity index (χ2n) is 3.67. The summed E-state index contributed by atoms with van der Waals surface area (Å²) in [6.45, 7) is -0.345. The fourth-order valence-corrected chi connectivity index (χ4v) is 3.72. The molecule has 0 aromatic heterocycles. The van der Waals surface area contributed by atoms with Gasteiger partial charge in [-0.3, -0.25) is 9.59 Å². The maximum Gasteiger partial charge on any atom is 0.305 e. The quantitative estimate of drug-likeness (QED) is 0.786. The summed E-state index contributed by atoms with van der Waals surface area (Å²) in [5, 5.41) is 8.56. The van der Waals surface area contributed by atoms with Crippen LogP contribution in [0.1, 0.15) is 16.8 Å². The standard InChI is InChI=1S/C10H8INO5S/c11-6-1-2-8-7(5-6)10(15)12(18(8,16)17)4-3-9(13)14/h1-2,5H,3-4H2,(H,13,14). The van der Waals surface area contributed by atoms with Crippen molar-refractivity contribution in [1.82, 2.24) is 4.31 Å². The van der Waals surface area contributed by atoms with Crippen molar-refractivity contribution in [3.8, 4) is 0 Å². The summed E-state index contributed by atoms with van der Waals surface area (Å²) in [4.78, 5) is 22.3. The average Bonchev–Trinajstić information content (AvgIpc) is 2.44. The monoisotopic (exact) mass is 381 g/mol. The molecule has 96 valence electrons. The van der Waals surface area contributed by atoms with Gasteiger partial charge in [0.15, 0.2) is 0 Å². The predicted molar refractivity (Wildman–Crippen MR) is 69.6 cm³/mol. The number of carboxylic acid groups (broad SMARTS) is 1. The zero-order valence-corrected chi connectivity index (χ0v) is 11.9. The van der Waals surface area contributed by atoms with Crippen LogP contribution in [0.2, 0.25) is 0 Å². The second kappa shape index (κ2) is 4.50. The van der Waals surface area contributed by atoms with Crippen molar-refractivity contribution in [2.24, 2.45) is 0 Å². The van der Waals surface area contributed by atoms with Crippen LogP contribution in [0.3, 0.4) is 0 Å². The lowest BCUT2D eigenvalue weighted by Gasteiger charge is -2.13. The highest BCUT2D eigenvalue weighted by Crippen LogP contribution is 2.31. The molecule has 0 atom stereocenters. The number of carbonyl (C=O) groups is 2. The molecule has 1 N–H and O–H groups in total. The maximum atomic E-state index is 12.0. The number of sulfonamides is 1. The maximum absolute atomic E-state index is 12.0. The molecule has 0 saturated carbocycles. The minimum Gasteiger partial charge on any atom is -0.481 e. The van der Waals surface area contributed by atoms with Crippen LogP contribution in [0.4, 0.5) is 0 Å². The van der Waals surface area contributed by atoms with Crippen LogP contribution in [0, 0.1) is 3.57 Å². The fourth-order valence-electron chi connectivity index (χ4n) is 1.68. The molecular weight excluding hydrogens is 373 g/mol. The van der Waals surface area contributed by atoms with E-state index >= 15 is 0 Å². The van der Waals surface area contributed by atoms with Gasteiger partial charge in [-0.25, -0.2) is 12.7 Å². The van der Waals surface area contributed by atoms with E-state index in [1.54, 1.807) is 6.07 Å². The van der Waals surface area contributed by atoms with Gasteiger partial charge in [-0.1, -0.05) is 0 Å². The molecule has 0 saturated heterocycles. The van der Waals surface area contributed by atoms with E-state index in [9.17, 15) is 18.0 Å². The van der Waals surface area contributed by atoms with Crippen LogP contribution < -0.4 is 0 Å². The van der Waals surface area contributed by atoms with Crippen molar-refractivity contribution < 1.29 is 23.1 Å². The van der Waals surface area contributed by atoms with Gasteiger partial charge in [0.25, 0.3) is 15.9 Å². The molecule has 0 unspecified atom stereocenters. The zero-order chi connectivity index (χ0) is 13.5. The summed E-state index contributed by atoms with van der Waals surface area (Å²) < 4.78 is 25.4. The van der Waals surface area contributed by atoms with Gasteiger partial charge >= 0.3 is 5.97 Å². The number of nitrogens with zero attached hydrogens (tertiary/aromatic N) is 1. The molecule has 0 fully saturated rings. The van der Waals surface area contributed by atoms with E-state index in [0.717, 1.165) is 3.57 Å². The van der Waals surface area contributed by atoms with Crippen molar-refractivity contribution in [3.63, 3.8) is 0 Å². The van der Waals surface area contributed by atoms with Crippen molar-refractivity contribution >= 4 is 44.5 Å². The number of benzene rings is 1. The third kappa shape index (κ3) is 2.09. The first kappa shape index (κ1) is 13.3. The molecule has 1 aromatic rings. The van der Waals surface area contributed by atoms with Gasteiger partial charge < -0.3 is 5.11 Å². The third-order valence-electron chi connectivity index (χ3n) is 2.50. The van der Waals surface area contributed by atoms with E-state index in [4.69, 9.17) is 5.11 Å². The number of hydrogen-bond donors (Lipinski definition) is 1. The number of halogens is 1. The molecule has 6 nitrogen and oxygen atoms in total. The lowest BCUT2D eigenvalue weighted by Crippen LogP contribution is -2.32. The average molecular weight is 381 g/mol. The summed E-state index contributed by atoms with van der Waals surface area (Å²) in [6.07, 6.45) is -0.407. The zero-order valence-electron chi connectivity index (χ0n) is 8.96. The van der Waals surface area contributed by atoms with Crippen molar-refractivity contribution in [1.29, 1.82) is 0 Å². The number of amides is 1. The van der Waals surface area contributed by atoms with Gasteiger partial charge in [-0.05, 0) is 40.8 Å². The molecule has 0 spiro atoms. The smallest absolute Gasteiger partial charge is 0.305 e. The predicted octanol–water partition coefficient (Wildman–Crippen LogP) is 0.910. The minimum absolute atomic E-state index is 0.0571. The highest BCUT2D eigenvalue weighted by Gasteiger charge is 2.41. The Hall–Kier alpha value is -1.16. The number of fused-ring (bicyclic) bond motifs is 1. The van der Waals surface area contributed by atoms with Crippen LogP contribution in [0.5, 0.6) is 0 Å². The lowest BCUT2D eigenvalue weighted by atomic mass is 10.2. The molecule has 1 amide bonds. The Morgan fingerprint density at radius 3 is 2.67 bits per heavy atom. The molecule has 0 radical (unpaired) electrons. The summed E-state index contributed by atoms with van der Waals surface area (Å²) in [7, 11) is -3.89. The van der Waals surface area contributed by atoms with Gasteiger partial charge in [0, 0.05) is 10.1 Å². The van der Waals surface area contributed by atoms with Crippen LogP contribution in [0.25, 0.3) is 0 Å². The number of aliphatic carboxylic acids is 1. The molecule has 8 heteroatoms. The normalized spacial score (nSPS) is 16.7. The summed E-state index contributed by atoms with van der Waals surface area (Å²) >= 11 is 1.97. The van der Waals surface area contributed by atoms with Crippen molar-refractivity contribution in [2.75, 3.05) is 6.54 Å². The third-order valence-corrected chi connectivity index (χ3v) is 5.01. The fraction of sp³-hybridized carbons (Fsp3) is 0.200. The summed E-state index contributed by atoms with van der Waals surface area (Å²) in [5.41, 5.74) is 0.104. The molecule has 0 aliphatic carbocycles. The number of carboxylic acids is 1. The Labute approximate surface area is 117 Å². The largest absolute Gasteiger partial charge is 0.481 e. The van der Waals surface area contributed by atoms with Crippen molar-refractivity contribution in [3.05, 3.63) is 27.3 Å². The molecule has 1 aromatic carbocycles. The Bertz CT molecular complexity index is 640. The van der Waals surface area contributed by atoms with E-state index in [2.05, 4.69) is 0 Å². The first-order valence-electron chi connectivity index (χ1n) is 4.92. The van der Waals surface area contributed by atoms with Crippen molar-refractivity contribution in [2.45, 2.75) is 11.3 Å². The van der Waals surface area contributed by atoms with Gasteiger partial charge in [-0.15, -0.1) is 0 Å². The first-order chi connectivity index (χ1) is 8.34. The van der Waals surface area contributed by atoms with Crippen LogP contribution in [-0.4, -0.2) is 36.3 Å². The van der Waals surface area contributed by atoms with E-state index in [1.807, 2.05) is 22.6 Å². The van der Waals surface area contributed by atoms with E-state index in [1.165, 1.54) is 12.1 Å². The Balaban J connectivity index is 2.44. The molecule has 2 rings (SSSR count). The Kier molecular flexibility index (Phi) is 3.32. The van der Waals surface area contributed by atoms with Crippen LogP contribution in [0.15, 0.2) is 23.1 Å². The lowest BCUT2D eigenvalue weighted by molar-refractivity contribution is -0.137. The SMILES string of the molecule is O=C(O)CCN1C(=O)c2cc(I)ccc2S1(=O)=O. The minimum atomic E-state index is -3.89. The van der Waals surface area contributed by atoms with Gasteiger partial charge in [0.2, 0.25) is 0 Å². The number of carbonyl (C=O) groups excluding carboxylic acids is 1. The summed E-state index contributed by atoms with van der Waals surface area (Å²) in [6, 6.07) is 4.44. The summed E-state index contributed by atoms with van der Waals surface area (Å²) in [5.74, 6) is -1.81. The van der Waals surface area contributed by atoms with E-state index in [0.29, 0.717) is 4.31 Å². The van der Waals surface area contributed by atoms with Gasteiger partial charge in [-0.2, -0.15) is 0 Å². The van der Waals surface area contributed by atoms with E-state index < -0.39 is 28.3 Å². The number of rotatable bonds is 3. The molecule has 1 aliphatic heterocycles. The molecule has 1 heterocycles. The Morgan fingerprint density at radius 1 is 1.39 bits per heavy atom. The second-order valence-corrected chi connectivity index (χ2v) is 6.74. The molecular formula is C10H8INO5S. The van der Waals surface area contributed by atoms with Crippen LogP contribution >= 0.6 is 22.6 Å². The topological polar surface area (TPSA) is 91.8 Å². The molecule has 0 bridgehead atoms. The number of hydrogen-bond acceptors (Lipinski definition) is 4. The van der Waals surface area contributed by atoms with E-state index in [-0.39, 0.29) is 17.0 Å². The highest BCUT2D eigenvalue weighted by atomic mass is 127. The van der Waals surface area contributed by atoms with Gasteiger partial charge in [0.05, 0.1) is 12.0 Å². The molecule has 18 heavy (non-hydrogen) atoms. The van der Waals surface area contributed by atoms with Gasteiger partial charge in [0.1, 0.15) is 4.90 Å². The van der Waals surface area contributed by atoms with Crippen LogP contribution in [-0.2, 0) is 14.8 Å². The Morgan fingerprint density at radius 2 is 2.06 bits per heavy atom. The first-order valence-corrected chi connectivity index (χ1v) is 7.44.